The average Bonchev–Trinajstić information content (AvgIpc) is 2.72. The molecule has 0 saturated heterocycles. The molecule has 2 nitrogen and oxygen atoms in total. The number of hydrogen-bond donors (Lipinski definition) is 1. The smallest absolute Gasteiger partial charge is 0.129 e. The zero-order valence-corrected chi connectivity index (χ0v) is 8.88. The van der Waals surface area contributed by atoms with Crippen molar-refractivity contribution in [1.29, 1.82) is 0 Å². The summed E-state index contributed by atoms with van der Waals surface area (Å²) in [6.45, 7) is 3.20. The lowest BCUT2D eigenvalue weighted by Crippen LogP contribution is -1.93. The Bertz CT molecular complexity index is 517. The first-order valence-corrected chi connectivity index (χ1v) is 5.53. The van der Waals surface area contributed by atoms with Crippen LogP contribution in [0, 0.1) is 0 Å². The molecule has 0 radical (unpaired) electrons. The van der Waals surface area contributed by atoms with Gasteiger partial charge in [0.15, 0.2) is 0 Å². The van der Waals surface area contributed by atoms with E-state index >= 15 is 0 Å². The highest BCUT2D eigenvalue weighted by Crippen LogP contribution is 2.25. The molecule has 0 fully saturated rings. The number of nitrogens with one attached hydrogen (secondary N) is 1. The van der Waals surface area contributed by atoms with Crippen LogP contribution >= 0.6 is 0 Å². The number of aryl methyl sites for hydroxylation is 1. The molecule has 0 amide bonds. The molecule has 0 spiro atoms. The van der Waals surface area contributed by atoms with Gasteiger partial charge in [-0.3, -0.25) is 0 Å². The summed E-state index contributed by atoms with van der Waals surface area (Å²) in [6.07, 6.45) is 2.18. The third-order valence-electron chi connectivity index (χ3n) is 3.06. The zero-order valence-electron chi connectivity index (χ0n) is 8.88. The van der Waals surface area contributed by atoms with Gasteiger partial charge in [0.1, 0.15) is 5.82 Å². The van der Waals surface area contributed by atoms with E-state index in [1.165, 1.54) is 16.5 Å². The summed E-state index contributed by atoms with van der Waals surface area (Å²) in [5.41, 5.74) is 3.82. The van der Waals surface area contributed by atoms with Crippen LogP contribution in [0.25, 0.3) is 10.9 Å². The molecule has 0 atom stereocenters. The van der Waals surface area contributed by atoms with E-state index in [1.807, 2.05) is 0 Å². The second-order valence-corrected chi connectivity index (χ2v) is 4.05. The Labute approximate surface area is 89.3 Å². The fourth-order valence-corrected chi connectivity index (χ4v) is 2.14. The summed E-state index contributed by atoms with van der Waals surface area (Å²) in [5, 5.41) is 4.58. The van der Waals surface area contributed by atoms with E-state index in [-0.39, 0.29) is 0 Å². The highest BCUT2D eigenvalue weighted by Gasteiger charge is 2.12. The monoisotopic (exact) mass is 198 g/mol. The van der Waals surface area contributed by atoms with Gasteiger partial charge in [0, 0.05) is 11.9 Å². The fourth-order valence-electron chi connectivity index (χ4n) is 2.14. The molecule has 0 aliphatic carbocycles. The van der Waals surface area contributed by atoms with E-state index in [0.717, 1.165) is 30.7 Å². The second-order valence-electron chi connectivity index (χ2n) is 4.05. The van der Waals surface area contributed by atoms with Gasteiger partial charge in [0.25, 0.3) is 0 Å². The van der Waals surface area contributed by atoms with Crippen LogP contribution in [0.1, 0.15) is 18.1 Å². The van der Waals surface area contributed by atoms with Crippen molar-refractivity contribution in [3.05, 3.63) is 35.4 Å². The molecule has 3 rings (SSSR count). The number of benzene rings is 1. The van der Waals surface area contributed by atoms with Gasteiger partial charge >= 0.3 is 0 Å². The minimum atomic E-state index is 1.03. The molecule has 1 aromatic heterocycles. The molecule has 0 unspecified atom stereocenters. The Balaban J connectivity index is 2.24. The van der Waals surface area contributed by atoms with Crippen LogP contribution in [0.4, 0.5) is 5.82 Å². The third kappa shape index (κ3) is 1.37. The van der Waals surface area contributed by atoms with E-state index in [9.17, 15) is 0 Å². The molecular formula is C13H14N2. The quantitative estimate of drug-likeness (QED) is 0.762. The predicted octanol–water partition coefficient (Wildman–Crippen LogP) is 2.77. The highest BCUT2D eigenvalue weighted by molar-refractivity contribution is 5.83. The molecule has 2 aromatic rings. The first-order chi connectivity index (χ1) is 7.36. The first-order valence-electron chi connectivity index (χ1n) is 5.53. The van der Waals surface area contributed by atoms with Crippen molar-refractivity contribution in [3.8, 4) is 0 Å². The van der Waals surface area contributed by atoms with Crippen molar-refractivity contribution < 1.29 is 0 Å². The maximum absolute atomic E-state index is 4.65. The first kappa shape index (κ1) is 8.72. The number of aromatic nitrogens is 1. The summed E-state index contributed by atoms with van der Waals surface area (Å²) >= 11 is 0. The Morgan fingerprint density at radius 1 is 1.33 bits per heavy atom. The van der Waals surface area contributed by atoms with Gasteiger partial charge < -0.3 is 5.32 Å². The molecule has 1 aromatic carbocycles. The average molecular weight is 198 g/mol. The van der Waals surface area contributed by atoms with Crippen molar-refractivity contribution in [1.82, 2.24) is 4.98 Å². The summed E-state index contributed by atoms with van der Waals surface area (Å²) in [5.74, 6) is 1.08. The van der Waals surface area contributed by atoms with Gasteiger partial charge in [0.05, 0.1) is 5.52 Å². The van der Waals surface area contributed by atoms with Crippen LogP contribution in [-0.4, -0.2) is 11.5 Å². The number of rotatable bonds is 1. The van der Waals surface area contributed by atoms with Crippen LogP contribution in [0.5, 0.6) is 0 Å². The Kier molecular flexibility index (Phi) is 1.88. The lowest BCUT2D eigenvalue weighted by atomic mass is 10.1. The maximum Gasteiger partial charge on any atom is 0.129 e. The minimum absolute atomic E-state index is 1.03. The fraction of sp³-hybridized carbons (Fsp3) is 0.308. The molecule has 1 aliphatic heterocycles. The molecular weight excluding hydrogens is 184 g/mol. The number of anilines is 1. The van der Waals surface area contributed by atoms with Crippen molar-refractivity contribution in [2.75, 3.05) is 11.9 Å². The van der Waals surface area contributed by atoms with Crippen LogP contribution in [0.15, 0.2) is 24.3 Å². The maximum atomic E-state index is 4.65. The van der Waals surface area contributed by atoms with Crippen molar-refractivity contribution in [2.45, 2.75) is 19.8 Å². The number of nitrogens with zero attached hydrogens (tertiary/aromatic N) is 1. The van der Waals surface area contributed by atoms with Crippen molar-refractivity contribution in [3.63, 3.8) is 0 Å². The highest BCUT2D eigenvalue weighted by atomic mass is 15.0. The van der Waals surface area contributed by atoms with Crippen LogP contribution in [0.3, 0.4) is 0 Å². The van der Waals surface area contributed by atoms with Gasteiger partial charge in [-0.1, -0.05) is 19.1 Å². The van der Waals surface area contributed by atoms with Gasteiger partial charge in [-0.15, -0.1) is 0 Å². The van der Waals surface area contributed by atoms with Crippen LogP contribution in [0.2, 0.25) is 0 Å². The summed E-state index contributed by atoms with van der Waals surface area (Å²) in [7, 11) is 0. The Morgan fingerprint density at radius 3 is 3.13 bits per heavy atom. The standard InChI is InChI=1S/C13H14N2/c1-2-9-3-4-10-8-11-5-6-14-13(11)15-12(10)7-9/h3-4,7-8H,2,5-6H2,1H3,(H,14,15). The van der Waals surface area contributed by atoms with E-state index in [4.69, 9.17) is 0 Å². The van der Waals surface area contributed by atoms with Gasteiger partial charge in [-0.05, 0) is 36.1 Å². The number of pyridine rings is 1. The molecule has 2 heteroatoms. The zero-order chi connectivity index (χ0) is 10.3. The molecule has 0 saturated carbocycles. The van der Waals surface area contributed by atoms with Crippen molar-refractivity contribution >= 4 is 16.7 Å². The van der Waals surface area contributed by atoms with Gasteiger partial charge in [0.2, 0.25) is 0 Å². The third-order valence-corrected chi connectivity index (χ3v) is 3.06. The molecule has 0 bridgehead atoms. The lowest BCUT2D eigenvalue weighted by Gasteiger charge is -2.04. The number of hydrogen-bond acceptors (Lipinski definition) is 2. The Morgan fingerprint density at radius 2 is 2.27 bits per heavy atom. The minimum Gasteiger partial charge on any atom is -0.369 e. The number of fused-ring (bicyclic) bond motifs is 2. The SMILES string of the molecule is CCc1ccc2cc3c(nc2c1)NCC3. The van der Waals surface area contributed by atoms with Gasteiger partial charge in [-0.2, -0.15) is 0 Å². The lowest BCUT2D eigenvalue weighted by molar-refractivity contribution is 1.11. The molecule has 15 heavy (non-hydrogen) atoms. The van der Waals surface area contributed by atoms with E-state index < -0.39 is 0 Å². The molecule has 1 aliphatic rings. The second kappa shape index (κ2) is 3.23. The van der Waals surface area contributed by atoms with E-state index in [1.54, 1.807) is 0 Å². The predicted molar refractivity (Wildman–Crippen MR) is 63.3 cm³/mol. The summed E-state index contributed by atoms with van der Waals surface area (Å²) < 4.78 is 0. The topological polar surface area (TPSA) is 24.9 Å². The molecule has 76 valence electrons. The molecule has 2 heterocycles. The van der Waals surface area contributed by atoms with Gasteiger partial charge in [-0.25, -0.2) is 4.98 Å². The van der Waals surface area contributed by atoms with E-state index in [0.29, 0.717) is 0 Å². The van der Waals surface area contributed by atoms with E-state index in [2.05, 4.69) is 41.5 Å². The largest absolute Gasteiger partial charge is 0.369 e. The van der Waals surface area contributed by atoms with Crippen molar-refractivity contribution in [2.24, 2.45) is 0 Å². The normalized spacial score (nSPS) is 13.9. The Hall–Kier alpha value is -1.57. The molecule has 1 N–H and O–H groups in total. The summed E-state index contributed by atoms with van der Waals surface area (Å²) in [4.78, 5) is 4.65. The van der Waals surface area contributed by atoms with Crippen LogP contribution in [-0.2, 0) is 12.8 Å². The summed E-state index contributed by atoms with van der Waals surface area (Å²) in [6, 6.07) is 8.82. The van der Waals surface area contributed by atoms with Crippen LogP contribution < -0.4 is 5.32 Å².